The summed E-state index contributed by atoms with van der Waals surface area (Å²) in [7, 11) is 0. The molecule has 1 unspecified atom stereocenters. The predicted octanol–water partition coefficient (Wildman–Crippen LogP) is 7.04. The highest BCUT2D eigenvalue weighted by atomic mass is 16.5. The summed E-state index contributed by atoms with van der Waals surface area (Å²) in [5.74, 6) is 1.60. The third kappa shape index (κ3) is 3.60. The summed E-state index contributed by atoms with van der Waals surface area (Å²) in [5.41, 5.74) is 5.13. The first kappa shape index (κ1) is 20.5. The number of benzene rings is 4. The van der Waals surface area contributed by atoms with Crippen LogP contribution in [0.15, 0.2) is 109 Å². The molecule has 1 atom stereocenters. The first-order chi connectivity index (χ1) is 16.8. The van der Waals surface area contributed by atoms with Crippen LogP contribution in [0.25, 0.3) is 10.8 Å². The Morgan fingerprint density at radius 2 is 1.41 bits per heavy atom. The highest BCUT2D eigenvalue weighted by Gasteiger charge is 2.32. The molecule has 3 heteroatoms. The Balaban J connectivity index is 1.46. The number of hydrogen-bond acceptors (Lipinski definition) is 2. The zero-order chi connectivity index (χ0) is 22.9. The summed E-state index contributed by atoms with van der Waals surface area (Å²) >= 11 is 0. The van der Waals surface area contributed by atoms with Gasteiger partial charge in [-0.15, -0.1) is 0 Å². The molecule has 0 saturated carbocycles. The summed E-state index contributed by atoms with van der Waals surface area (Å²) < 4.78 is 8.48. The molecule has 1 aromatic heterocycles. The van der Waals surface area contributed by atoms with Crippen LogP contribution >= 0.6 is 0 Å². The Morgan fingerprint density at radius 1 is 0.706 bits per heavy atom. The van der Waals surface area contributed by atoms with Gasteiger partial charge in [0, 0.05) is 29.8 Å². The highest BCUT2D eigenvalue weighted by molar-refractivity contribution is 5.90. The van der Waals surface area contributed by atoms with Crippen molar-refractivity contribution < 1.29 is 4.74 Å². The summed E-state index contributed by atoms with van der Waals surface area (Å²) in [5, 5.41) is 11.6. The van der Waals surface area contributed by atoms with Crippen LogP contribution < -0.4 is 10.2 Å². The standard InChI is InChI=1S/C31H26N2O/c32-31-30-27(19-21-33(31)20-9-12-22-10-3-1-4-11-22)34-26-18-17-23-13-7-8-16-25(23)29(26)28(30)24-14-5-2-6-15-24/h1-8,10-11,13-19,21,28,32H,9,12,20H2. The minimum absolute atomic E-state index is 0.0554. The van der Waals surface area contributed by atoms with Crippen molar-refractivity contribution in [3.05, 3.63) is 137 Å². The van der Waals surface area contributed by atoms with Crippen LogP contribution in [0, 0.1) is 5.41 Å². The van der Waals surface area contributed by atoms with Gasteiger partial charge in [0.2, 0.25) is 0 Å². The number of rotatable bonds is 5. The average molecular weight is 443 g/mol. The lowest BCUT2D eigenvalue weighted by molar-refractivity contribution is 0.445. The van der Waals surface area contributed by atoms with Crippen molar-refractivity contribution in [2.45, 2.75) is 25.3 Å². The molecule has 5 aromatic rings. The number of aromatic nitrogens is 1. The molecule has 3 nitrogen and oxygen atoms in total. The molecule has 1 N–H and O–H groups in total. The van der Waals surface area contributed by atoms with E-state index in [2.05, 4.69) is 95.6 Å². The Bertz CT molecular complexity index is 1520. The number of nitrogens with zero attached hydrogens (tertiary/aromatic N) is 1. The van der Waals surface area contributed by atoms with Gasteiger partial charge in [-0.25, -0.2) is 0 Å². The van der Waals surface area contributed by atoms with Crippen molar-refractivity contribution in [1.29, 1.82) is 5.41 Å². The van der Waals surface area contributed by atoms with Gasteiger partial charge in [0.15, 0.2) is 0 Å². The van der Waals surface area contributed by atoms with Crippen LogP contribution in [0.2, 0.25) is 0 Å². The summed E-state index contributed by atoms with van der Waals surface area (Å²) in [6.07, 6.45) is 3.98. The largest absolute Gasteiger partial charge is 0.457 e. The fourth-order valence-electron chi connectivity index (χ4n) is 5.15. The topological polar surface area (TPSA) is 38.0 Å². The molecule has 0 saturated heterocycles. The summed E-state index contributed by atoms with van der Waals surface area (Å²) in [6.45, 7) is 0.797. The Kier molecular flexibility index (Phi) is 5.23. The number of ether oxygens (including phenoxy) is 1. The maximum Gasteiger partial charge on any atom is 0.136 e. The predicted molar refractivity (Wildman–Crippen MR) is 136 cm³/mol. The van der Waals surface area contributed by atoms with Gasteiger partial charge in [-0.2, -0.15) is 0 Å². The average Bonchev–Trinajstić information content (AvgIpc) is 2.90. The van der Waals surface area contributed by atoms with Gasteiger partial charge in [-0.3, -0.25) is 5.41 Å². The van der Waals surface area contributed by atoms with Crippen LogP contribution in [-0.2, 0) is 13.0 Å². The normalized spacial score (nSPS) is 14.3. The van der Waals surface area contributed by atoms with Crippen molar-refractivity contribution in [3.63, 3.8) is 0 Å². The highest BCUT2D eigenvalue weighted by Crippen LogP contribution is 2.48. The van der Waals surface area contributed by atoms with Crippen molar-refractivity contribution in [2.75, 3.05) is 0 Å². The molecule has 166 valence electrons. The molecule has 0 spiro atoms. The molecular formula is C31H26N2O. The van der Waals surface area contributed by atoms with Crippen molar-refractivity contribution in [1.82, 2.24) is 4.57 Å². The second-order valence-corrected chi connectivity index (χ2v) is 8.87. The minimum atomic E-state index is -0.0554. The number of fused-ring (bicyclic) bond motifs is 4. The molecule has 1 aliphatic rings. The van der Waals surface area contributed by atoms with E-state index in [0.717, 1.165) is 42.0 Å². The van der Waals surface area contributed by atoms with E-state index in [1.165, 1.54) is 21.9 Å². The van der Waals surface area contributed by atoms with Gasteiger partial charge < -0.3 is 9.30 Å². The molecule has 0 radical (unpaired) electrons. The molecule has 2 heterocycles. The van der Waals surface area contributed by atoms with Crippen molar-refractivity contribution >= 4 is 10.8 Å². The van der Waals surface area contributed by atoms with E-state index in [1.54, 1.807) is 0 Å². The van der Waals surface area contributed by atoms with E-state index in [0.29, 0.717) is 5.49 Å². The lowest BCUT2D eigenvalue weighted by Gasteiger charge is -2.30. The van der Waals surface area contributed by atoms with E-state index in [9.17, 15) is 5.41 Å². The molecule has 1 aliphatic heterocycles. The van der Waals surface area contributed by atoms with E-state index in [1.807, 2.05) is 18.3 Å². The lowest BCUT2D eigenvalue weighted by atomic mass is 9.81. The number of nitrogens with one attached hydrogen (secondary N) is 1. The smallest absolute Gasteiger partial charge is 0.136 e. The van der Waals surface area contributed by atoms with Gasteiger partial charge in [0.25, 0.3) is 0 Å². The fourth-order valence-corrected chi connectivity index (χ4v) is 5.15. The lowest BCUT2D eigenvalue weighted by Crippen LogP contribution is -2.29. The Hall–Kier alpha value is -4.11. The second kappa shape index (κ2) is 8.68. The fraction of sp³-hybridized carbons (Fsp3) is 0.129. The van der Waals surface area contributed by atoms with Crippen molar-refractivity contribution in [3.8, 4) is 11.5 Å². The molecule has 0 amide bonds. The van der Waals surface area contributed by atoms with Crippen LogP contribution in [0.4, 0.5) is 0 Å². The SMILES string of the molecule is N=c1c2c(ccn1CCCc1ccccc1)Oc1ccc3ccccc3c1C2c1ccccc1. The number of pyridine rings is 1. The minimum Gasteiger partial charge on any atom is -0.457 e. The van der Waals surface area contributed by atoms with Crippen LogP contribution in [0.3, 0.4) is 0 Å². The third-order valence-electron chi connectivity index (χ3n) is 6.78. The zero-order valence-corrected chi connectivity index (χ0v) is 18.9. The first-order valence-corrected chi connectivity index (χ1v) is 11.9. The maximum absolute atomic E-state index is 9.22. The van der Waals surface area contributed by atoms with E-state index in [4.69, 9.17) is 4.74 Å². The van der Waals surface area contributed by atoms with Gasteiger partial charge in [-0.1, -0.05) is 91.0 Å². The Morgan fingerprint density at radius 3 is 2.24 bits per heavy atom. The van der Waals surface area contributed by atoms with Crippen LogP contribution in [0.1, 0.15) is 34.6 Å². The van der Waals surface area contributed by atoms with E-state index < -0.39 is 0 Å². The van der Waals surface area contributed by atoms with E-state index >= 15 is 0 Å². The molecule has 0 fully saturated rings. The quantitative estimate of drug-likeness (QED) is 0.305. The van der Waals surface area contributed by atoms with Gasteiger partial charge in [-0.05, 0) is 46.9 Å². The molecule has 34 heavy (non-hydrogen) atoms. The third-order valence-corrected chi connectivity index (χ3v) is 6.78. The molecule has 0 aliphatic carbocycles. The van der Waals surface area contributed by atoms with Gasteiger partial charge in [0.05, 0.1) is 0 Å². The van der Waals surface area contributed by atoms with Gasteiger partial charge >= 0.3 is 0 Å². The first-order valence-electron chi connectivity index (χ1n) is 11.9. The van der Waals surface area contributed by atoms with Crippen molar-refractivity contribution in [2.24, 2.45) is 0 Å². The van der Waals surface area contributed by atoms with Gasteiger partial charge in [0.1, 0.15) is 17.0 Å². The second-order valence-electron chi connectivity index (χ2n) is 8.87. The van der Waals surface area contributed by atoms with Crippen LogP contribution in [0.5, 0.6) is 11.5 Å². The maximum atomic E-state index is 9.22. The zero-order valence-electron chi connectivity index (χ0n) is 18.9. The number of aryl methyl sites for hydroxylation is 2. The molecule has 6 rings (SSSR count). The molecule has 4 aromatic carbocycles. The monoisotopic (exact) mass is 442 g/mol. The molecular weight excluding hydrogens is 416 g/mol. The Labute approximate surface area is 199 Å². The van der Waals surface area contributed by atoms with Crippen LogP contribution in [-0.4, -0.2) is 4.57 Å². The van der Waals surface area contributed by atoms with E-state index in [-0.39, 0.29) is 5.92 Å². The summed E-state index contributed by atoms with van der Waals surface area (Å²) in [4.78, 5) is 0. The summed E-state index contributed by atoms with van der Waals surface area (Å²) in [6, 6.07) is 35.8. The molecule has 0 bridgehead atoms. The number of hydrogen-bond donors (Lipinski definition) is 1.